The summed E-state index contributed by atoms with van der Waals surface area (Å²) < 4.78 is 11.4. The van der Waals surface area contributed by atoms with E-state index in [0.717, 1.165) is 44.2 Å². The molecule has 1 saturated heterocycles. The van der Waals surface area contributed by atoms with Gasteiger partial charge in [0.1, 0.15) is 0 Å². The van der Waals surface area contributed by atoms with Gasteiger partial charge in [0.05, 0.1) is 0 Å². The van der Waals surface area contributed by atoms with E-state index in [1.165, 1.54) is 17.5 Å². The quantitative estimate of drug-likeness (QED) is 0.785. The maximum absolute atomic E-state index is 11.4. The smallest absolute Gasteiger partial charge is 0.0363 e. The van der Waals surface area contributed by atoms with Gasteiger partial charge in [0, 0.05) is 48.5 Å². The third-order valence-electron chi connectivity index (χ3n) is 4.10. The summed E-state index contributed by atoms with van der Waals surface area (Å²) in [6.45, 7) is 9.53. The summed E-state index contributed by atoms with van der Waals surface area (Å²) in [5.41, 5.74) is 2.77. The molecular formula is C17H28N2OS. The highest BCUT2D eigenvalue weighted by Gasteiger charge is 2.15. The molecule has 0 amide bonds. The Bertz CT molecular complexity index is 437. The Morgan fingerprint density at radius 3 is 2.52 bits per heavy atom. The first-order chi connectivity index (χ1) is 10.2. The van der Waals surface area contributed by atoms with Gasteiger partial charge in [-0.25, -0.2) is 0 Å². The molecule has 1 aliphatic rings. The van der Waals surface area contributed by atoms with Crippen LogP contribution in [0.4, 0.5) is 0 Å². The number of hydrogen-bond donors (Lipinski definition) is 1. The molecule has 1 N–H and O–H groups in total. The van der Waals surface area contributed by atoms with Crippen molar-refractivity contribution in [3.8, 4) is 0 Å². The maximum Gasteiger partial charge on any atom is 0.0363 e. The van der Waals surface area contributed by atoms with E-state index in [4.69, 9.17) is 0 Å². The molecule has 118 valence electrons. The van der Waals surface area contributed by atoms with Crippen LogP contribution in [0.5, 0.6) is 0 Å². The number of hydrogen-bond acceptors (Lipinski definition) is 3. The predicted octanol–water partition coefficient (Wildman–Crippen LogP) is 2.35. The summed E-state index contributed by atoms with van der Waals surface area (Å²) >= 11 is 0. The fourth-order valence-corrected chi connectivity index (χ4v) is 3.78. The summed E-state index contributed by atoms with van der Waals surface area (Å²) in [5, 5.41) is 3.48. The zero-order valence-electron chi connectivity index (χ0n) is 13.3. The zero-order chi connectivity index (χ0) is 15.1. The lowest BCUT2D eigenvalue weighted by atomic mass is 9.99. The van der Waals surface area contributed by atoms with E-state index in [9.17, 15) is 4.21 Å². The van der Waals surface area contributed by atoms with Crippen LogP contribution in [0.25, 0.3) is 0 Å². The second-order valence-electron chi connectivity index (χ2n) is 5.97. The van der Waals surface area contributed by atoms with Gasteiger partial charge in [-0.15, -0.1) is 0 Å². The van der Waals surface area contributed by atoms with Gasteiger partial charge < -0.3 is 5.32 Å². The van der Waals surface area contributed by atoms with Crippen molar-refractivity contribution in [2.75, 3.05) is 37.7 Å². The van der Waals surface area contributed by atoms with Crippen molar-refractivity contribution in [1.82, 2.24) is 10.2 Å². The van der Waals surface area contributed by atoms with Crippen molar-refractivity contribution in [2.45, 2.75) is 32.7 Å². The van der Waals surface area contributed by atoms with Gasteiger partial charge in [-0.3, -0.25) is 9.11 Å². The molecular weight excluding hydrogens is 280 g/mol. The van der Waals surface area contributed by atoms with Gasteiger partial charge in [-0.1, -0.05) is 38.1 Å². The van der Waals surface area contributed by atoms with E-state index >= 15 is 0 Å². The molecule has 1 aliphatic heterocycles. The second-order valence-corrected chi connectivity index (χ2v) is 7.67. The molecule has 0 aliphatic carbocycles. The van der Waals surface area contributed by atoms with Crippen LogP contribution < -0.4 is 5.32 Å². The summed E-state index contributed by atoms with van der Waals surface area (Å²) in [6, 6.07) is 9.01. The highest BCUT2D eigenvalue weighted by Crippen LogP contribution is 2.16. The molecule has 1 heterocycles. The van der Waals surface area contributed by atoms with Gasteiger partial charge in [-0.2, -0.15) is 0 Å². The number of nitrogens with zero attached hydrogens (tertiary/aromatic N) is 1. The fraction of sp³-hybridized carbons (Fsp3) is 0.647. The molecule has 1 aromatic rings. The third-order valence-corrected chi connectivity index (χ3v) is 5.38. The molecule has 0 radical (unpaired) electrons. The van der Waals surface area contributed by atoms with Crippen LogP contribution in [0.3, 0.4) is 0 Å². The van der Waals surface area contributed by atoms with E-state index in [-0.39, 0.29) is 0 Å². The van der Waals surface area contributed by atoms with Gasteiger partial charge in [0.15, 0.2) is 0 Å². The zero-order valence-corrected chi connectivity index (χ0v) is 14.1. The molecule has 0 bridgehead atoms. The van der Waals surface area contributed by atoms with Crippen LogP contribution in [0.2, 0.25) is 0 Å². The van der Waals surface area contributed by atoms with E-state index in [2.05, 4.69) is 48.3 Å². The summed E-state index contributed by atoms with van der Waals surface area (Å²) in [6.07, 6.45) is 1.19. The van der Waals surface area contributed by atoms with Crippen LogP contribution in [0, 0.1) is 0 Å². The fourth-order valence-electron chi connectivity index (χ4n) is 2.66. The Morgan fingerprint density at radius 2 is 1.90 bits per heavy atom. The van der Waals surface area contributed by atoms with Crippen LogP contribution in [0.15, 0.2) is 24.3 Å². The van der Waals surface area contributed by atoms with Crippen molar-refractivity contribution >= 4 is 10.8 Å². The van der Waals surface area contributed by atoms with E-state index in [1.807, 2.05) is 0 Å². The topological polar surface area (TPSA) is 32.3 Å². The summed E-state index contributed by atoms with van der Waals surface area (Å²) in [5.74, 6) is 2.22. The van der Waals surface area contributed by atoms with Crippen LogP contribution in [-0.2, 0) is 17.3 Å². The highest BCUT2D eigenvalue weighted by molar-refractivity contribution is 7.85. The minimum absolute atomic E-state index is 0.558. The predicted molar refractivity (Wildman–Crippen MR) is 91.2 cm³/mol. The molecule has 0 spiro atoms. The van der Waals surface area contributed by atoms with Crippen molar-refractivity contribution in [3.05, 3.63) is 35.4 Å². The normalized spacial score (nSPS) is 18.8. The first-order valence-electron chi connectivity index (χ1n) is 8.06. The molecule has 0 aromatic heterocycles. The first kappa shape index (κ1) is 16.7. The summed E-state index contributed by atoms with van der Waals surface area (Å²) in [7, 11) is -0.582. The van der Waals surface area contributed by atoms with E-state index in [1.54, 1.807) is 0 Å². The van der Waals surface area contributed by atoms with Crippen molar-refractivity contribution in [2.24, 2.45) is 0 Å². The van der Waals surface area contributed by atoms with E-state index < -0.39 is 10.8 Å². The Hall–Kier alpha value is -0.710. The standard InChI is InChI=1S/C17H28N2OS/c1-3-8-18-13-15(2)17-6-4-16(5-7-17)14-19-9-11-21(20)12-10-19/h4-7,15,18H,3,8-14H2,1-2H3. The maximum atomic E-state index is 11.4. The number of rotatable bonds is 7. The molecule has 1 unspecified atom stereocenters. The lowest BCUT2D eigenvalue weighted by Gasteiger charge is -2.26. The molecule has 1 fully saturated rings. The van der Waals surface area contributed by atoms with Crippen molar-refractivity contribution < 1.29 is 4.21 Å². The largest absolute Gasteiger partial charge is 0.316 e. The Kier molecular flexibility index (Phi) is 6.87. The van der Waals surface area contributed by atoms with Crippen LogP contribution in [0.1, 0.15) is 37.3 Å². The van der Waals surface area contributed by atoms with Gasteiger partial charge >= 0.3 is 0 Å². The molecule has 1 atom stereocenters. The minimum atomic E-state index is -0.582. The average molecular weight is 308 g/mol. The lowest BCUT2D eigenvalue weighted by Crippen LogP contribution is -2.37. The van der Waals surface area contributed by atoms with Gasteiger partial charge in [0.2, 0.25) is 0 Å². The van der Waals surface area contributed by atoms with Gasteiger partial charge in [0.25, 0.3) is 0 Å². The van der Waals surface area contributed by atoms with Crippen LogP contribution in [-0.4, -0.2) is 46.8 Å². The Balaban J connectivity index is 1.82. The molecule has 2 rings (SSSR count). The average Bonchev–Trinajstić information content (AvgIpc) is 2.50. The highest BCUT2D eigenvalue weighted by atomic mass is 32.2. The second kappa shape index (κ2) is 8.66. The van der Waals surface area contributed by atoms with E-state index in [0.29, 0.717) is 5.92 Å². The molecule has 3 nitrogen and oxygen atoms in total. The third kappa shape index (κ3) is 5.53. The lowest BCUT2D eigenvalue weighted by molar-refractivity contribution is 0.291. The van der Waals surface area contributed by atoms with Gasteiger partial charge in [-0.05, 0) is 30.0 Å². The molecule has 0 saturated carbocycles. The Labute approximate surface area is 131 Å². The number of nitrogens with one attached hydrogen (secondary N) is 1. The van der Waals surface area contributed by atoms with Crippen molar-refractivity contribution in [1.29, 1.82) is 0 Å². The van der Waals surface area contributed by atoms with Crippen LogP contribution >= 0.6 is 0 Å². The monoisotopic (exact) mass is 308 g/mol. The Morgan fingerprint density at radius 1 is 1.24 bits per heavy atom. The summed E-state index contributed by atoms with van der Waals surface area (Å²) in [4.78, 5) is 2.41. The molecule has 21 heavy (non-hydrogen) atoms. The number of benzene rings is 1. The molecule has 4 heteroatoms. The minimum Gasteiger partial charge on any atom is -0.316 e. The molecule has 1 aromatic carbocycles. The van der Waals surface area contributed by atoms with Crippen molar-refractivity contribution in [3.63, 3.8) is 0 Å². The first-order valence-corrected chi connectivity index (χ1v) is 9.54. The SMILES string of the molecule is CCCNCC(C)c1ccc(CN2CCS(=O)CC2)cc1.